The Morgan fingerprint density at radius 3 is 2.69 bits per heavy atom. The summed E-state index contributed by atoms with van der Waals surface area (Å²) < 4.78 is 0. The van der Waals surface area contributed by atoms with Crippen molar-refractivity contribution in [2.24, 2.45) is 11.8 Å². The molecule has 0 bridgehead atoms. The maximum atomic E-state index is 11.6. The highest BCUT2D eigenvalue weighted by molar-refractivity contribution is 6.17. The van der Waals surface area contributed by atoms with Gasteiger partial charge in [0.1, 0.15) is 0 Å². The van der Waals surface area contributed by atoms with E-state index in [4.69, 9.17) is 11.6 Å². The molecule has 1 amide bonds. The minimum atomic E-state index is 0.236. The fourth-order valence-corrected chi connectivity index (χ4v) is 2.51. The summed E-state index contributed by atoms with van der Waals surface area (Å²) in [6.45, 7) is 2.99. The predicted octanol–water partition coefficient (Wildman–Crippen LogP) is 3.34. The molecular formula is C13H24ClNO. The standard InChI is InChI=1S/C13H24ClNO/c1-2-4-12(7-8-14)10-15-13(16)9-11-5-3-6-11/h11-12H,2-10H2,1H3,(H,15,16). The highest BCUT2D eigenvalue weighted by Gasteiger charge is 2.20. The molecule has 16 heavy (non-hydrogen) atoms. The third-order valence-electron chi connectivity index (χ3n) is 3.50. The maximum Gasteiger partial charge on any atom is 0.220 e. The van der Waals surface area contributed by atoms with E-state index in [1.165, 1.54) is 25.7 Å². The molecule has 0 aromatic carbocycles. The van der Waals surface area contributed by atoms with Crippen molar-refractivity contribution in [2.75, 3.05) is 12.4 Å². The summed E-state index contributed by atoms with van der Waals surface area (Å²) in [4.78, 5) is 11.6. The van der Waals surface area contributed by atoms with Crippen LogP contribution in [-0.2, 0) is 4.79 Å². The van der Waals surface area contributed by atoms with E-state index in [9.17, 15) is 4.79 Å². The molecule has 0 radical (unpaired) electrons. The molecule has 1 fully saturated rings. The Hall–Kier alpha value is -0.240. The van der Waals surface area contributed by atoms with Crippen molar-refractivity contribution >= 4 is 17.5 Å². The molecule has 1 aliphatic rings. The van der Waals surface area contributed by atoms with Crippen LogP contribution in [0.1, 0.15) is 51.9 Å². The van der Waals surface area contributed by atoms with Crippen LogP contribution >= 0.6 is 11.6 Å². The maximum absolute atomic E-state index is 11.6. The van der Waals surface area contributed by atoms with Crippen LogP contribution in [0.5, 0.6) is 0 Å². The lowest BCUT2D eigenvalue weighted by atomic mass is 9.83. The van der Waals surface area contributed by atoms with Gasteiger partial charge in [-0.05, 0) is 37.5 Å². The number of carbonyl (C=O) groups excluding carboxylic acids is 1. The molecule has 1 N–H and O–H groups in total. The second-order valence-electron chi connectivity index (χ2n) is 4.94. The molecule has 0 aromatic heterocycles. The third-order valence-corrected chi connectivity index (χ3v) is 3.72. The molecule has 1 saturated carbocycles. The molecular weight excluding hydrogens is 222 g/mol. The highest BCUT2D eigenvalue weighted by atomic mass is 35.5. The summed E-state index contributed by atoms with van der Waals surface area (Å²) in [7, 11) is 0. The zero-order valence-corrected chi connectivity index (χ0v) is 11.1. The van der Waals surface area contributed by atoms with Gasteiger partial charge in [0, 0.05) is 18.8 Å². The lowest BCUT2D eigenvalue weighted by molar-refractivity contribution is -0.122. The SMILES string of the molecule is CCCC(CCCl)CNC(=O)CC1CCC1. The molecule has 1 aliphatic carbocycles. The lowest BCUT2D eigenvalue weighted by Crippen LogP contribution is -2.32. The number of rotatable bonds is 8. The van der Waals surface area contributed by atoms with Gasteiger partial charge in [-0.25, -0.2) is 0 Å². The summed E-state index contributed by atoms with van der Waals surface area (Å²) in [6, 6.07) is 0. The molecule has 94 valence electrons. The van der Waals surface area contributed by atoms with Gasteiger partial charge < -0.3 is 5.32 Å². The van der Waals surface area contributed by atoms with Crippen LogP contribution in [0.4, 0.5) is 0 Å². The Balaban J connectivity index is 2.11. The first-order valence-corrected chi connectivity index (χ1v) is 7.12. The molecule has 0 aromatic rings. The van der Waals surface area contributed by atoms with E-state index >= 15 is 0 Å². The molecule has 3 heteroatoms. The van der Waals surface area contributed by atoms with Crippen molar-refractivity contribution in [3.05, 3.63) is 0 Å². The van der Waals surface area contributed by atoms with Crippen LogP contribution < -0.4 is 5.32 Å². The van der Waals surface area contributed by atoms with Crippen LogP contribution in [-0.4, -0.2) is 18.3 Å². The average molecular weight is 246 g/mol. The van der Waals surface area contributed by atoms with Gasteiger partial charge in [-0.15, -0.1) is 11.6 Å². The van der Waals surface area contributed by atoms with Crippen molar-refractivity contribution in [1.29, 1.82) is 0 Å². The second kappa shape index (κ2) is 7.94. The molecule has 0 heterocycles. The van der Waals surface area contributed by atoms with Crippen LogP contribution in [0.25, 0.3) is 0 Å². The summed E-state index contributed by atoms with van der Waals surface area (Å²) in [5, 5.41) is 3.05. The summed E-state index contributed by atoms with van der Waals surface area (Å²) in [5.41, 5.74) is 0. The van der Waals surface area contributed by atoms with Crippen LogP contribution in [0.3, 0.4) is 0 Å². The Morgan fingerprint density at radius 1 is 1.44 bits per heavy atom. The van der Waals surface area contributed by atoms with Gasteiger partial charge in [-0.2, -0.15) is 0 Å². The van der Waals surface area contributed by atoms with Crippen LogP contribution in [0, 0.1) is 11.8 Å². The van der Waals surface area contributed by atoms with Gasteiger partial charge in [-0.3, -0.25) is 4.79 Å². The van der Waals surface area contributed by atoms with E-state index < -0.39 is 0 Å². The van der Waals surface area contributed by atoms with Gasteiger partial charge in [0.25, 0.3) is 0 Å². The number of nitrogens with one attached hydrogen (secondary N) is 1. The number of hydrogen-bond acceptors (Lipinski definition) is 1. The van der Waals surface area contributed by atoms with Crippen LogP contribution in [0.15, 0.2) is 0 Å². The van der Waals surface area contributed by atoms with Gasteiger partial charge in [0.05, 0.1) is 0 Å². The van der Waals surface area contributed by atoms with E-state index in [-0.39, 0.29) is 5.91 Å². The molecule has 2 nitrogen and oxygen atoms in total. The number of amides is 1. The Bertz CT molecular complexity index is 198. The summed E-state index contributed by atoms with van der Waals surface area (Å²) >= 11 is 5.75. The largest absolute Gasteiger partial charge is 0.356 e. The molecule has 1 unspecified atom stereocenters. The van der Waals surface area contributed by atoms with E-state index in [2.05, 4.69) is 12.2 Å². The molecule has 1 atom stereocenters. The lowest BCUT2D eigenvalue weighted by Gasteiger charge is -2.25. The van der Waals surface area contributed by atoms with Gasteiger partial charge in [-0.1, -0.05) is 19.8 Å². The van der Waals surface area contributed by atoms with Crippen molar-refractivity contribution in [2.45, 2.75) is 51.9 Å². The number of carbonyl (C=O) groups is 1. The molecule has 0 spiro atoms. The predicted molar refractivity (Wildman–Crippen MR) is 68.7 cm³/mol. The molecule has 0 saturated heterocycles. The minimum absolute atomic E-state index is 0.236. The van der Waals surface area contributed by atoms with E-state index in [1.807, 2.05) is 0 Å². The fraction of sp³-hybridized carbons (Fsp3) is 0.923. The first kappa shape index (κ1) is 13.8. The monoisotopic (exact) mass is 245 g/mol. The zero-order chi connectivity index (χ0) is 11.8. The van der Waals surface area contributed by atoms with E-state index in [1.54, 1.807) is 0 Å². The first-order chi connectivity index (χ1) is 7.76. The Kier molecular flexibility index (Phi) is 6.86. The smallest absolute Gasteiger partial charge is 0.220 e. The van der Waals surface area contributed by atoms with E-state index in [0.717, 1.165) is 25.8 Å². The molecule has 1 rings (SSSR count). The Morgan fingerprint density at radius 2 is 2.19 bits per heavy atom. The second-order valence-corrected chi connectivity index (χ2v) is 5.32. The first-order valence-electron chi connectivity index (χ1n) is 6.59. The topological polar surface area (TPSA) is 29.1 Å². The average Bonchev–Trinajstić information content (AvgIpc) is 2.21. The van der Waals surface area contributed by atoms with Crippen molar-refractivity contribution in [3.63, 3.8) is 0 Å². The number of halogens is 1. The number of alkyl halides is 1. The van der Waals surface area contributed by atoms with Crippen molar-refractivity contribution < 1.29 is 4.79 Å². The summed E-state index contributed by atoms with van der Waals surface area (Å²) in [6.07, 6.45) is 7.87. The minimum Gasteiger partial charge on any atom is -0.356 e. The van der Waals surface area contributed by atoms with Crippen molar-refractivity contribution in [1.82, 2.24) is 5.32 Å². The number of hydrogen-bond donors (Lipinski definition) is 1. The fourth-order valence-electron chi connectivity index (χ4n) is 2.20. The van der Waals surface area contributed by atoms with Crippen molar-refractivity contribution in [3.8, 4) is 0 Å². The quantitative estimate of drug-likeness (QED) is 0.653. The van der Waals surface area contributed by atoms with Gasteiger partial charge in [0.15, 0.2) is 0 Å². The van der Waals surface area contributed by atoms with E-state index in [0.29, 0.717) is 17.7 Å². The third kappa shape index (κ3) is 5.20. The van der Waals surface area contributed by atoms with Gasteiger partial charge in [0.2, 0.25) is 5.91 Å². The molecule has 0 aliphatic heterocycles. The van der Waals surface area contributed by atoms with Crippen LogP contribution in [0.2, 0.25) is 0 Å². The van der Waals surface area contributed by atoms with Gasteiger partial charge >= 0.3 is 0 Å². The Labute approximate surface area is 104 Å². The summed E-state index contributed by atoms with van der Waals surface area (Å²) in [5.74, 6) is 2.16. The zero-order valence-electron chi connectivity index (χ0n) is 10.3. The normalized spacial score (nSPS) is 17.9. The highest BCUT2D eigenvalue weighted by Crippen LogP contribution is 2.29.